The Morgan fingerprint density at radius 3 is 2.54 bits per heavy atom. The van der Waals surface area contributed by atoms with Gasteiger partial charge in [-0.05, 0) is 12.0 Å². The highest BCUT2D eigenvalue weighted by atomic mass is 16.4. The molecule has 0 amide bonds. The first-order valence-corrected chi connectivity index (χ1v) is 4.43. The molecule has 1 saturated carbocycles. The molecular weight excluding hydrogens is 164 g/mol. The molecule has 0 unspecified atom stereocenters. The van der Waals surface area contributed by atoms with Crippen LogP contribution in [0.3, 0.4) is 0 Å². The molecule has 1 aromatic carbocycles. The lowest BCUT2D eigenvalue weighted by Crippen LogP contribution is -2.10. The van der Waals surface area contributed by atoms with Crippen LogP contribution in [-0.2, 0) is 10.2 Å². The molecule has 0 spiro atoms. The first kappa shape index (κ1) is 8.30. The molecule has 1 N–H and O–H groups in total. The summed E-state index contributed by atoms with van der Waals surface area (Å²) in [6, 6.07) is 9.87. The molecule has 0 aliphatic heterocycles. The number of carboxylic acid groups (broad SMARTS) is 1. The molecule has 0 heterocycles. The van der Waals surface area contributed by atoms with E-state index in [1.165, 1.54) is 0 Å². The average Bonchev–Trinajstić information content (AvgIpc) is 2.82. The number of hydrogen-bond donors (Lipinski definition) is 1. The molecule has 0 radical (unpaired) electrons. The molecule has 1 aliphatic carbocycles. The van der Waals surface area contributed by atoms with Gasteiger partial charge in [0.25, 0.3) is 0 Å². The second-order valence-electron chi connectivity index (χ2n) is 3.88. The highest BCUT2D eigenvalue weighted by Crippen LogP contribution is 2.53. The molecule has 0 aromatic heterocycles. The summed E-state index contributed by atoms with van der Waals surface area (Å²) in [7, 11) is 0. The number of carbonyl (C=O) groups is 1. The van der Waals surface area contributed by atoms with Gasteiger partial charge in [0.2, 0.25) is 0 Å². The van der Waals surface area contributed by atoms with Crippen molar-refractivity contribution in [2.75, 3.05) is 0 Å². The van der Waals surface area contributed by atoms with Gasteiger partial charge in [-0.25, -0.2) is 0 Å². The van der Waals surface area contributed by atoms with Gasteiger partial charge in [0.15, 0.2) is 0 Å². The van der Waals surface area contributed by atoms with Gasteiger partial charge in [-0.3, -0.25) is 4.79 Å². The summed E-state index contributed by atoms with van der Waals surface area (Å²) < 4.78 is 0. The molecule has 0 bridgehead atoms. The predicted molar refractivity (Wildman–Crippen MR) is 49.5 cm³/mol. The van der Waals surface area contributed by atoms with Crippen molar-refractivity contribution in [1.29, 1.82) is 0 Å². The van der Waals surface area contributed by atoms with Gasteiger partial charge >= 0.3 is 5.97 Å². The normalized spacial score (nSPS) is 31.3. The fourth-order valence-corrected chi connectivity index (χ4v) is 1.86. The van der Waals surface area contributed by atoms with Crippen LogP contribution in [0.4, 0.5) is 0 Å². The molecule has 1 fully saturated rings. The third-order valence-corrected chi connectivity index (χ3v) is 2.97. The van der Waals surface area contributed by atoms with Gasteiger partial charge < -0.3 is 5.11 Å². The second kappa shape index (κ2) is 2.59. The molecular formula is C11H12O2. The molecule has 2 rings (SSSR count). The minimum Gasteiger partial charge on any atom is -0.481 e. The predicted octanol–water partition coefficient (Wildman–Crippen LogP) is 2.05. The largest absolute Gasteiger partial charge is 0.481 e. The summed E-state index contributed by atoms with van der Waals surface area (Å²) in [6.45, 7) is 2.02. The Hall–Kier alpha value is -1.31. The topological polar surface area (TPSA) is 37.3 Å². The Kier molecular flexibility index (Phi) is 1.65. The minimum atomic E-state index is -0.675. The van der Waals surface area contributed by atoms with E-state index in [9.17, 15) is 4.79 Å². The van der Waals surface area contributed by atoms with Gasteiger partial charge in [-0.15, -0.1) is 0 Å². The summed E-state index contributed by atoms with van der Waals surface area (Å²) in [5.41, 5.74) is 1.02. The van der Waals surface area contributed by atoms with Crippen LogP contribution >= 0.6 is 0 Å². The van der Waals surface area contributed by atoms with Crippen LogP contribution in [0.5, 0.6) is 0 Å². The molecule has 1 aromatic rings. The zero-order valence-corrected chi connectivity index (χ0v) is 7.53. The molecule has 68 valence electrons. The SMILES string of the molecule is C[C@]1(c2ccccc2)C[C@@H]1C(=O)O. The second-order valence-corrected chi connectivity index (χ2v) is 3.88. The van der Waals surface area contributed by atoms with E-state index in [-0.39, 0.29) is 11.3 Å². The van der Waals surface area contributed by atoms with Crippen molar-refractivity contribution in [2.24, 2.45) is 5.92 Å². The Morgan fingerprint density at radius 2 is 2.08 bits per heavy atom. The number of benzene rings is 1. The van der Waals surface area contributed by atoms with E-state index in [0.29, 0.717) is 0 Å². The minimum absolute atomic E-state index is 0.118. The lowest BCUT2D eigenvalue weighted by Gasteiger charge is -2.08. The molecule has 13 heavy (non-hydrogen) atoms. The number of carboxylic acids is 1. The third kappa shape index (κ3) is 1.22. The number of hydrogen-bond acceptors (Lipinski definition) is 1. The van der Waals surface area contributed by atoms with Crippen LogP contribution in [0.1, 0.15) is 18.9 Å². The van der Waals surface area contributed by atoms with Crippen molar-refractivity contribution < 1.29 is 9.90 Å². The Labute approximate surface area is 77.2 Å². The van der Waals surface area contributed by atoms with Crippen LogP contribution < -0.4 is 0 Å². The molecule has 2 heteroatoms. The van der Waals surface area contributed by atoms with E-state index in [1.54, 1.807) is 0 Å². The number of rotatable bonds is 2. The summed E-state index contributed by atoms with van der Waals surface area (Å²) in [5.74, 6) is -0.860. The van der Waals surface area contributed by atoms with Crippen molar-refractivity contribution in [1.82, 2.24) is 0 Å². The van der Waals surface area contributed by atoms with E-state index < -0.39 is 5.97 Å². The maximum absolute atomic E-state index is 10.8. The van der Waals surface area contributed by atoms with Crippen molar-refractivity contribution in [3.05, 3.63) is 35.9 Å². The first-order valence-electron chi connectivity index (χ1n) is 4.43. The summed E-state index contributed by atoms with van der Waals surface area (Å²) in [5, 5.41) is 8.85. The van der Waals surface area contributed by atoms with E-state index in [1.807, 2.05) is 37.3 Å². The van der Waals surface area contributed by atoms with E-state index >= 15 is 0 Å². The van der Waals surface area contributed by atoms with Crippen LogP contribution in [0.15, 0.2) is 30.3 Å². The zero-order valence-electron chi connectivity index (χ0n) is 7.53. The first-order chi connectivity index (χ1) is 6.14. The van der Waals surface area contributed by atoms with Gasteiger partial charge in [0.1, 0.15) is 0 Å². The maximum atomic E-state index is 10.8. The monoisotopic (exact) mass is 176 g/mol. The lowest BCUT2D eigenvalue weighted by molar-refractivity contribution is -0.138. The summed E-state index contributed by atoms with van der Waals surface area (Å²) in [6.07, 6.45) is 0.770. The van der Waals surface area contributed by atoms with Crippen molar-refractivity contribution in [3.8, 4) is 0 Å². The highest BCUT2D eigenvalue weighted by molar-refractivity contribution is 5.77. The van der Waals surface area contributed by atoms with Crippen LogP contribution in [-0.4, -0.2) is 11.1 Å². The van der Waals surface area contributed by atoms with E-state index in [2.05, 4.69) is 0 Å². The average molecular weight is 176 g/mol. The van der Waals surface area contributed by atoms with Crippen molar-refractivity contribution in [2.45, 2.75) is 18.8 Å². The fourth-order valence-electron chi connectivity index (χ4n) is 1.86. The van der Waals surface area contributed by atoms with Crippen LogP contribution in [0.25, 0.3) is 0 Å². The van der Waals surface area contributed by atoms with Crippen molar-refractivity contribution in [3.63, 3.8) is 0 Å². The summed E-state index contributed by atoms with van der Waals surface area (Å²) in [4.78, 5) is 10.8. The Balaban J connectivity index is 2.25. The van der Waals surface area contributed by atoms with E-state index in [0.717, 1.165) is 12.0 Å². The van der Waals surface area contributed by atoms with Gasteiger partial charge in [0.05, 0.1) is 5.92 Å². The van der Waals surface area contributed by atoms with Gasteiger partial charge in [0, 0.05) is 5.41 Å². The highest BCUT2D eigenvalue weighted by Gasteiger charge is 2.55. The standard InChI is InChI=1S/C11H12O2/c1-11(7-9(11)10(12)13)8-5-3-2-4-6-8/h2-6,9H,7H2,1H3,(H,12,13)/t9-,11-/m1/s1. The Morgan fingerprint density at radius 1 is 1.46 bits per heavy atom. The molecule has 0 saturated heterocycles. The lowest BCUT2D eigenvalue weighted by atomic mass is 9.96. The molecule has 2 atom stereocenters. The Bertz CT molecular complexity index is 331. The molecule has 1 aliphatic rings. The van der Waals surface area contributed by atoms with Crippen LogP contribution in [0.2, 0.25) is 0 Å². The number of aliphatic carboxylic acids is 1. The van der Waals surface area contributed by atoms with Gasteiger partial charge in [-0.1, -0.05) is 37.3 Å². The molecule has 2 nitrogen and oxygen atoms in total. The quantitative estimate of drug-likeness (QED) is 0.748. The zero-order chi connectivity index (χ0) is 9.47. The fraction of sp³-hybridized carbons (Fsp3) is 0.364. The van der Waals surface area contributed by atoms with Crippen LogP contribution in [0, 0.1) is 5.92 Å². The maximum Gasteiger partial charge on any atom is 0.307 e. The smallest absolute Gasteiger partial charge is 0.307 e. The van der Waals surface area contributed by atoms with Crippen molar-refractivity contribution >= 4 is 5.97 Å². The van der Waals surface area contributed by atoms with Gasteiger partial charge in [-0.2, -0.15) is 0 Å². The van der Waals surface area contributed by atoms with E-state index in [4.69, 9.17) is 5.11 Å². The third-order valence-electron chi connectivity index (χ3n) is 2.97. The summed E-state index contributed by atoms with van der Waals surface area (Å²) >= 11 is 0.